The summed E-state index contributed by atoms with van der Waals surface area (Å²) in [5.74, 6) is 0.107. The second kappa shape index (κ2) is 6.82. The molecule has 0 unspecified atom stereocenters. The Morgan fingerprint density at radius 1 is 1.38 bits per heavy atom. The lowest BCUT2D eigenvalue weighted by Gasteiger charge is -2.23. The Morgan fingerprint density at radius 2 is 1.94 bits per heavy atom. The molecular weight excluding hydrogens is 313 g/mol. The molecule has 2 nitrogen and oxygen atoms in total. The molecule has 1 aromatic carbocycles. The summed E-state index contributed by atoms with van der Waals surface area (Å²) in [6, 6.07) is 5.02. The molecular formula is C11H16BrCl2NO. The number of nitrogens with two attached hydrogens (primary N) is 1. The number of hydrogen-bond donors (Lipinski definition) is 2. The van der Waals surface area contributed by atoms with Crippen LogP contribution in [0.2, 0.25) is 5.02 Å². The summed E-state index contributed by atoms with van der Waals surface area (Å²) >= 11 is 9.38. The van der Waals surface area contributed by atoms with E-state index in [0.717, 1.165) is 10.0 Å². The molecule has 0 aliphatic carbocycles. The minimum atomic E-state index is -0.586. The van der Waals surface area contributed by atoms with E-state index in [1.807, 2.05) is 26.0 Å². The molecule has 0 spiro atoms. The van der Waals surface area contributed by atoms with Gasteiger partial charge in [0.15, 0.2) is 0 Å². The fourth-order valence-electron chi connectivity index (χ4n) is 1.37. The van der Waals surface area contributed by atoms with Crippen LogP contribution in [0.3, 0.4) is 0 Å². The summed E-state index contributed by atoms with van der Waals surface area (Å²) in [5.41, 5.74) is 6.72. The third kappa shape index (κ3) is 3.90. The first-order valence-electron chi connectivity index (χ1n) is 4.82. The van der Waals surface area contributed by atoms with Crippen LogP contribution in [-0.4, -0.2) is 11.2 Å². The topological polar surface area (TPSA) is 46.2 Å². The molecule has 0 bridgehead atoms. The quantitative estimate of drug-likeness (QED) is 0.891. The number of hydrogen-bond acceptors (Lipinski definition) is 2. The van der Waals surface area contributed by atoms with Crippen LogP contribution in [0.1, 0.15) is 25.5 Å². The van der Waals surface area contributed by atoms with Gasteiger partial charge >= 0.3 is 0 Å². The van der Waals surface area contributed by atoms with Crippen LogP contribution < -0.4 is 5.73 Å². The van der Waals surface area contributed by atoms with Gasteiger partial charge in [0.25, 0.3) is 0 Å². The van der Waals surface area contributed by atoms with Crippen molar-refractivity contribution in [2.24, 2.45) is 11.7 Å². The minimum Gasteiger partial charge on any atom is -0.391 e. The molecule has 0 saturated carbocycles. The Kier molecular flexibility index (Phi) is 6.90. The van der Waals surface area contributed by atoms with E-state index in [1.54, 1.807) is 6.07 Å². The maximum atomic E-state index is 9.86. The zero-order valence-electron chi connectivity index (χ0n) is 9.15. The van der Waals surface area contributed by atoms with Crippen molar-refractivity contribution in [3.05, 3.63) is 33.3 Å². The highest BCUT2D eigenvalue weighted by Gasteiger charge is 2.22. The molecule has 1 aromatic rings. The fourth-order valence-corrected chi connectivity index (χ4v) is 1.99. The molecule has 3 N–H and O–H groups in total. The lowest BCUT2D eigenvalue weighted by molar-refractivity contribution is 0.0979. The Morgan fingerprint density at radius 3 is 2.44 bits per heavy atom. The van der Waals surface area contributed by atoms with E-state index in [9.17, 15) is 5.11 Å². The molecule has 92 valence electrons. The van der Waals surface area contributed by atoms with Crippen molar-refractivity contribution in [2.45, 2.75) is 26.0 Å². The summed E-state index contributed by atoms with van der Waals surface area (Å²) in [7, 11) is 0. The number of aliphatic hydroxyl groups excluding tert-OH is 1. The van der Waals surface area contributed by atoms with Crippen LogP contribution in [0.25, 0.3) is 0 Å². The lowest BCUT2D eigenvalue weighted by atomic mass is 9.94. The third-order valence-electron chi connectivity index (χ3n) is 2.37. The van der Waals surface area contributed by atoms with E-state index < -0.39 is 12.1 Å². The Labute approximate surface area is 116 Å². The summed E-state index contributed by atoms with van der Waals surface area (Å²) in [4.78, 5) is 0. The molecule has 2 atom stereocenters. The number of rotatable bonds is 3. The number of benzene rings is 1. The van der Waals surface area contributed by atoms with Crippen LogP contribution in [0.5, 0.6) is 0 Å². The van der Waals surface area contributed by atoms with Crippen LogP contribution in [0.4, 0.5) is 0 Å². The van der Waals surface area contributed by atoms with Gasteiger partial charge in [0.1, 0.15) is 0 Å². The zero-order chi connectivity index (χ0) is 11.6. The van der Waals surface area contributed by atoms with E-state index in [1.165, 1.54) is 0 Å². The van der Waals surface area contributed by atoms with Gasteiger partial charge in [-0.15, -0.1) is 12.4 Å². The molecule has 0 aromatic heterocycles. The molecule has 0 heterocycles. The van der Waals surface area contributed by atoms with Crippen LogP contribution in [-0.2, 0) is 0 Å². The van der Waals surface area contributed by atoms with Crippen molar-refractivity contribution in [3.8, 4) is 0 Å². The summed E-state index contributed by atoms with van der Waals surface area (Å²) in [6.45, 7) is 3.85. The van der Waals surface area contributed by atoms with Gasteiger partial charge in [-0.1, -0.05) is 41.4 Å². The number of aliphatic hydroxyl groups is 1. The van der Waals surface area contributed by atoms with Crippen molar-refractivity contribution < 1.29 is 5.11 Å². The van der Waals surface area contributed by atoms with Crippen molar-refractivity contribution >= 4 is 39.9 Å². The molecule has 0 fully saturated rings. The van der Waals surface area contributed by atoms with Crippen molar-refractivity contribution in [1.82, 2.24) is 0 Å². The van der Waals surface area contributed by atoms with E-state index in [2.05, 4.69) is 15.9 Å². The predicted molar refractivity (Wildman–Crippen MR) is 74.2 cm³/mol. The van der Waals surface area contributed by atoms with E-state index >= 15 is 0 Å². The van der Waals surface area contributed by atoms with Crippen molar-refractivity contribution in [2.75, 3.05) is 0 Å². The standard InChI is InChI=1S/C11H15BrClNO.ClH/c1-6(2)11(15)10(14)8-5-7(12)3-4-9(8)13;/h3-6,10-11,15H,14H2,1-2H3;1H/t10-,11+;/m1./s1. The van der Waals surface area contributed by atoms with Crippen LogP contribution in [0.15, 0.2) is 22.7 Å². The average Bonchev–Trinajstić information content (AvgIpc) is 2.19. The Balaban J connectivity index is 0.00000225. The van der Waals surface area contributed by atoms with Gasteiger partial charge in [0, 0.05) is 9.50 Å². The summed E-state index contributed by atoms with van der Waals surface area (Å²) in [5, 5.41) is 10.5. The first-order valence-corrected chi connectivity index (χ1v) is 5.99. The average molecular weight is 329 g/mol. The second-order valence-corrected chi connectivity index (χ2v) is 5.25. The van der Waals surface area contributed by atoms with Gasteiger partial charge in [0.2, 0.25) is 0 Å². The van der Waals surface area contributed by atoms with Crippen LogP contribution >= 0.6 is 39.9 Å². The maximum Gasteiger partial charge on any atom is 0.0756 e. The van der Waals surface area contributed by atoms with E-state index in [0.29, 0.717) is 5.02 Å². The zero-order valence-corrected chi connectivity index (χ0v) is 12.3. The second-order valence-electron chi connectivity index (χ2n) is 3.93. The maximum absolute atomic E-state index is 9.86. The smallest absolute Gasteiger partial charge is 0.0756 e. The van der Waals surface area contributed by atoms with Crippen LogP contribution in [0, 0.1) is 5.92 Å². The SMILES string of the molecule is CC(C)[C@H](O)[C@H](N)c1cc(Br)ccc1Cl.Cl. The van der Waals surface area contributed by atoms with Gasteiger partial charge in [0.05, 0.1) is 12.1 Å². The van der Waals surface area contributed by atoms with E-state index in [4.69, 9.17) is 17.3 Å². The molecule has 0 amide bonds. The minimum absolute atomic E-state index is 0. The normalized spacial score (nSPS) is 14.4. The highest BCUT2D eigenvalue weighted by molar-refractivity contribution is 9.10. The lowest BCUT2D eigenvalue weighted by Crippen LogP contribution is -2.30. The van der Waals surface area contributed by atoms with Gasteiger partial charge in [-0.05, 0) is 29.7 Å². The summed E-state index contributed by atoms with van der Waals surface area (Å²) < 4.78 is 0.910. The monoisotopic (exact) mass is 327 g/mol. The Hall–Kier alpha value is 0.200. The van der Waals surface area contributed by atoms with Gasteiger partial charge in [-0.25, -0.2) is 0 Å². The predicted octanol–water partition coefficient (Wildman–Crippen LogP) is 3.54. The third-order valence-corrected chi connectivity index (χ3v) is 3.21. The largest absolute Gasteiger partial charge is 0.391 e. The Bertz CT molecular complexity index is 347. The van der Waals surface area contributed by atoms with Gasteiger partial charge in [-0.2, -0.15) is 0 Å². The van der Waals surface area contributed by atoms with Crippen molar-refractivity contribution in [1.29, 1.82) is 0 Å². The molecule has 0 saturated heterocycles. The summed E-state index contributed by atoms with van der Waals surface area (Å²) in [6.07, 6.45) is -0.586. The molecule has 16 heavy (non-hydrogen) atoms. The highest BCUT2D eigenvalue weighted by atomic mass is 79.9. The van der Waals surface area contributed by atoms with Gasteiger partial charge < -0.3 is 10.8 Å². The van der Waals surface area contributed by atoms with Gasteiger partial charge in [-0.3, -0.25) is 0 Å². The fraction of sp³-hybridized carbons (Fsp3) is 0.455. The molecule has 0 radical (unpaired) electrons. The highest BCUT2D eigenvalue weighted by Crippen LogP contribution is 2.28. The van der Waals surface area contributed by atoms with E-state index in [-0.39, 0.29) is 18.3 Å². The first kappa shape index (κ1) is 16.2. The number of halogens is 3. The molecule has 1 rings (SSSR count). The first-order chi connectivity index (χ1) is 6.93. The molecule has 0 aliphatic rings. The molecule has 5 heteroatoms. The molecule has 0 aliphatic heterocycles. The van der Waals surface area contributed by atoms with Crippen molar-refractivity contribution in [3.63, 3.8) is 0 Å².